The highest BCUT2D eigenvalue weighted by molar-refractivity contribution is 14.0. The Kier molecular flexibility index (Phi) is 10.9. The molecule has 0 heterocycles. The highest BCUT2D eigenvalue weighted by atomic mass is 127. The van der Waals surface area contributed by atoms with E-state index >= 15 is 0 Å². The predicted molar refractivity (Wildman–Crippen MR) is 110 cm³/mol. The van der Waals surface area contributed by atoms with Gasteiger partial charge in [-0.3, -0.25) is 4.79 Å². The van der Waals surface area contributed by atoms with Gasteiger partial charge in [0.15, 0.2) is 5.96 Å². The van der Waals surface area contributed by atoms with Crippen LogP contribution in [-0.4, -0.2) is 63.2 Å². The smallest absolute Gasteiger partial charge is 0.243 e. The first-order valence-electron chi connectivity index (χ1n) is 8.52. The van der Waals surface area contributed by atoms with Crippen molar-refractivity contribution in [3.05, 3.63) is 0 Å². The van der Waals surface area contributed by atoms with Gasteiger partial charge in [0, 0.05) is 33.8 Å². The first-order valence-corrected chi connectivity index (χ1v) is 8.52. The minimum absolute atomic E-state index is 0. The molecule has 1 atom stereocenters. The van der Waals surface area contributed by atoms with Gasteiger partial charge in [0.1, 0.15) is 6.54 Å². The van der Waals surface area contributed by atoms with Crippen LogP contribution in [0.1, 0.15) is 46.5 Å². The molecule has 1 aliphatic carbocycles. The van der Waals surface area contributed by atoms with Crippen molar-refractivity contribution in [2.75, 3.05) is 34.3 Å². The molecule has 6 nitrogen and oxygen atoms in total. The molecule has 0 spiro atoms. The van der Waals surface area contributed by atoms with Crippen molar-refractivity contribution in [1.29, 1.82) is 0 Å². The summed E-state index contributed by atoms with van der Waals surface area (Å²) in [4.78, 5) is 17.8. The van der Waals surface area contributed by atoms with Gasteiger partial charge in [-0.1, -0.05) is 33.6 Å². The second-order valence-electron chi connectivity index (χ2n) is 7.55. The number of likely N-dealkylation sites (N-methyl/N-ethyl adjacent to an activating group) is 1. The topological polar surface area (TPSA) is 66.0 Å². The van der Waals surface area contributed by atoms with Crippen LogP contribution in [0.4, 0.5) is 0 Å². The minimum atomic E-state index is -0.00312. The quantitative estimate of drug-likeness (QED) is 0.367. The van der Waals surface area contributed by atoms with E-state index in [-0.39, 0.29) is 47.9 Å². The predicted octanol–water partition coefficient (Wildman–Crippen LogP) is 2.23. The van der Waals surface area contributed by atoms with Crippen LogP contribution in [0.25, 0.3) is 0 Å². The highest BCUT2D eigenvalue weighted by Gasteiger charge is 2.25. The minimum Gasteiger partial charge on any atom is -0.379 e. The third kappa shape index (κ3) is 8.50. The molecule has 1 unspecified atom stereocenters. The Labute approximate surface area is 164 Å². The lowest BCUT2D eigenvalue weighted by molar-refractivity contribution is -0.127. The molecule has 142 valence electrons. The van der Waals surface area contributed by atoms with Gasteiger partial charge < -0.3 is 20.3 Å². The number of carbonyl (C=O) groups excluding carboxylic acids is 1. The second-order valence-corrected chi connectivity index (χ2v) is 7.55. The molecule has 0 aliphatic heterocycles. The van der Waals surface area contributed by atoms with Gasteiger partial charge in [0.05, 0.1) is 6.10 Å². The van der Waals surface area contributed by atoms with Crippen molar-refractivity contribution in [1.82, 2.24) is 15.5 Å². The fraction of sp³-hybridized carbons (Fsp3) is 0.882. The van der Waals surface area contributed by atoms with E-state index in [4.69, 9.17) is 4.74 Å². The molecular formula is C17H35IN4O2. The third-order valence-electron chi connectivity index (χ3n) is 4.27. The van der Waals surface area contributed by atoms with Gasteiger partial charge in [-0.15, -0.1) is 24.0 Å². The first-order chi connectivity index (χ1) is 10.7. The number of aliphatic imine (C=N–C) groups is 1. The number of hydrogen-bond acceptors (Lipinski definition) is 3. The first kappa shape index (κ1) is 23.4. The number of hydrogen-bond donors (Lipinski definition) is 2. The Balaban J connectivity index is 0.00000529. The fourth-order valence-corrected chi connectivity index (χ4v) is 2.64. The summed E-state index contributed by atoms with van der Waals surface area (Å²) in [5.74, 6) is 0.704. The number of amides is 1. The summed E-state index contributed by atoms with van der Waals surface area (Å²) in [5, 5.41) is 6.80. The standard InChI is InChI=1S/C17H34N4O2.HI/c1-17(2,3)14(23-6)11-18-16(19-12-15(22)21(4)5)20-13-9-7-8-10-13;/h13-14H,7-12H2,1-6H3,(H2,18,19,20);1H. The van der Waals surface area contributed by atoms with Crippen molar-refractivity contribution in [3.63, 3.8) is 0 Å². The number of nitrogens with one attached hydrogen (secondary N) is 2. The summed E-state index contributed by atoms with van der Waals surface area (Å²) < 4.78 is 5.58. The summed E-state index contributed by atoms with van der Waals surface area (Å²) in [6, 6.07) is 0.450. The van der Waals surface area contributed by atoms with Crippen LogP contribution in [0.3, 0.4) is 0 Å². The van der Waals surface area contributed by atoms with E-state index in [1.54, 1.807) is 26.1 Å². The van der Waals surface area contributed by atoms with Crippen LogP contribution in [0.5, 0.6) is 0 Å². The zero-order valence-corrected chi connectivity index (χ0v) is 18.3. The molecule has 0 aromatic carbocycles. The maximum Gasteiger partial charge on any atom is 0.243 e. The van der Waals surface area contributed by atoms with Crippen molar-refractivity contribution in [2.45, 2.75) is 58.6 Å². The van der Waals surface area contributed by atoms with E-state index in [9.17, 15) is 4.79 Å². The molecule has 1 amide bonds. The molecule has 1 rings (SSSR count). The van der Waals surface area contributed by atoms with Gasteiger partial charge in [-0.25, -0.2) is 4.99 Å². The average Bonchev–Trinajstić information content (AvgIpc) is 2.95. The van der Waals surface area contributed by atoms with E-state index in [0.717, 1.165) is 12.8 Å². The molecular weight excluding hydrogens is 419 g/mol. The van der Waals surface area contributed by atoms with Crippen LogP contribution in [-0.2, 0) is 9.53 Å². The summed E-state index contributed by atoms with van der Waals surface area (Å²) in [5.41, 5.74) is 0.0413. The van der Waals surface area contributed by atoms with Crippen molar-refractivity contribution >= 4 is 35.8 Å². The molecule has 1 fully saturated rings. The lowest BCUT2D eigenvalue weighted by atomic mass is 9.89. The lowest BCUT2D eigenvalue weighted by Crippen LogP contribution is -2.48. The second kappa shape index (κ2) is 11.1. The zero-order chi connectivity index (χ0) is 17.5. The van der Waals surface area contributed by atoms with E-state index in [2.05, 4.69) is 36.4 Å². The van der Waals surface area contributed by atoms with E-state index in [0.29, 0.717) is 18.5 Å². The maximum atomic E-state index is 11.8. The average molecular weight is 454 g/mol. The van der Waals surface area contributed by atoms with Gasteiger partial charge in [0.2, 0.25) is 5.91 Å². The SMILES string of the molecule is COC(CNC(=NCC(=O)N(C)C)NC1CCCC1)C(C)(C)C.I. The number of rotatable bonds is 6. The summed E-state index contributed by atoms with van der Waals surface area (Å²) in [7, 11) is 5.22. The number of methoxy groups -OCH3 is 1. The van der Waals surface area contributed by atoms with Gasteiger partial charge >= 0.3 is 0 Å². The number of halogens is 1. The van der Waals surface area contributed by atoms with Gasteiger partial charge in [-0.2, -0.15) is 0 Å². The van der Waals surface area contributed by atoms with Crippen LogP contribution in [0.2, 0.25) is 0 Å². The summed E-state index contributed by atoms with van der Waals surface area (Å²) in [6.45, 7) is 7.27. The third-order valence-corrected chi connectivity index (χ3v) is 4.27. The molecule has 1 saturated carbocycles. The number of ether oxygens (including phenoxy) is 1. The number of guanidine groups is 1. The highest BCUT2D eigenvalue weighted by Crippen LogP contribution is 2.21. The van der Waals surface area contributed by atoms with Crippen LogP contribution < -0.4 is 10.6 Å². The van der Waals surface area contributed by atoms with Crippen LogP contribution in [0.15, 0.2) is 4.99 Å². The molecule has 1 aliphatic rings. The molecule has 0 aromatic rings. The normalized spacial score (nSPS) is 17.2. The summed E-state index contributed by atoms with van der Waals surface area (Å²) in [6.07, 6.45) is 4.90. The van der Waals surface area contributed by atoms with E-state index < -0.39 is 0 Å². The molecule has 0 saturated heterocycles. The molecule has 0 bridgehead atoms. The Morgan fingerprint density at radius 1 is 1.29 bits per heavy atom. The van der Waals surface area contributed by atoms with E-state index in [1.165, 1.54) is 12.8 Å². The van der Waals surface area contributed by atoms with Crippen LogP contribution in [0, 0.1) is 5.41 Å². The number of carbonyl (C=O) groups is 1. The van der Waals surface area contributed by atoms with E-state index in [1.807, 2.05) is 0 Å². The molecule has 0 radical (unpaired) electrons. The monoisotopic (exact) mass is 454 g/mol. The molecule has 24 heavy (non-hydrogen) atoms. The Bertz CT molecular complexity index is 402. The van der Waals surface area contributed by atoms with Crippen LogP contribution >= 0.6 is 24.0 Å². The largest absolute Gasteiger partial charge is 0.379 e. The van der Waals surface area contributed by atoms with Gasteiger partial charge in [0.25, 0.3) is 0 Å². The van der Waals surface area contributed by atoms with Crippen molar-refractivity contribution < 1.29 is 9.53 Å². The van der Waals surface area contributed by atoms with Crippen molar-refractivity contribution in [2.24, 2.45) is 10.4 Å². The molecule has 7 heteroatoms. The lowest BCUT2D eigenvalue weighted by Gasteiger charge is -2.30. The van der Waals surface area contributed by atoms with Crippen molar-refractivity contribution in [3.8, 4) is 0 Å². The molecule has 2 N–H and O–H groups in total. The Hall–Kier alpha value is -0.570. The van der Waals surface area contributed by atoms with Gasteiger partial charge in [-0.05, 0) is 18.3 Å². The Morgan fingerprint density at radius 2 is 1.88 bits per heavy atom. The maximum absolute atomic E-state index is 11.8. The Morgan fingerprint density at radius 3 is 2.33 bits per heavy atom. The fourth-order valence-electron chi connectivity index (χ4n) is 2.64. The molecule has 0 aromatic heterocycles. The zero-order valence-electron chi connectivity index (χ0n) is 16.0. The number of nitrogens with zero attached hydrogens (tertiary/aromatic N) is 2. The summed E-state index contributed by atoms with van der Waals surface area (Å²) >= 11 is 0.